The molecule has 2 N–H and O–H groups in total. The van der Waals surface area contributed by atoms with Gasteiger partial charge in [-0.2, -0.15) is 0 Å². The van der Waals surface area contributed by atoms with Crippen molar-refractivity contribution in [2.45, 2.75) is 90.2 Å². The van der Waals surface area contributed by atoms with Crippen molar-refractivity contribution in [1.29, 1.82) is 0 Å². The quantitative estimate of drug-likeness (QED) is 0.338. The van der Waals surface area contributed by atoms with Crippen LogP contribution in [-0.4, -0.2) is 60.0 Å². The number of nitrogens with zero attached hydrogens (tertiary/aromatic N) is 3. The third-order valence-corrected chi connectivity index (χ3v) is 8.77. The van der Waals surface area contributed by atoms with Gasteiger partial charge in [0.25, 0.3) is 0 Å². The molecule has 0 spiro atoms. The number of pyridine rings is 1. The minimum atomic E-state index is -3.21. The summed E-state index contributed by atoms with van der Waals surface area (Å²) in [7, 11) is -1.67. The van der Waals surface area contributed by atoms with Crippen LogP contribution in [0.15, 0.2) is 30.5 Å². The van der Waals surface area contributed by atoms with Crippen molar-refractivity contribution in [2.24, 2.45) is 0 Å². The molecule has 1 amide bonds. The number of alkyl carbamates (subject to hydrolysis) is 1. The lowest BCUT2D eigenvalue weighted by Crippen LogP contribution is -2.42. The largest absolute Gasteiger partial charge is 0.481 e. The van der Waals surface area contributed by atoms with E-state index in [1.165, 1.54) is 7.11 Å². The summed E-state index contributed by atoms with van der Waals surface area (Å²) in [6, 6.07) is 8.00. The van der Waals surface area contributed by atoms with Gasteiger partial charge in [-0.1, -0.05) is 13.8 Å². The molecule has 2 aromatic heterocycles. The van der Waals surface area contributed by atoms with E-state index in [0.717, 1.165) is 59.7 Å². The number of benzene rings is 1. The van der Waals surface area contributed by atoms with Crippen LogP contribution in [0.5, 0.6) is 5.88 Å². The maximum Gasteiger partial charge on any atom is 0.407 e. The molecule has 222 valence electrons. The topological polar surface area (TPSA) is 132 Å². The van der Waals surface area contributed by atoms with Crippen molar-refractivity contribution in [3.05, 3.63) is 41.7 Å². The maximum atomic E-state index is 12.1. The number of aromatic nitrogens is 3. The third-order valence-electron chi connectivity index (χ3n) is 7.15. The molecule has 3 aromatic rings. The van der Waals surface area contributed by atoms with Crippen molar-refractivity contribution in [3.8, 4) is 17.0 Å². The Morgan fingerprint density at radius 2 is 1.76 bits per heavy atom. The van der Waals surface area contributed by atoms with Crippen LogP contribution in [0.2, 0.25) is 0 Å². The number of anilines is 1. The fourth-order valence-corrected chi connectivity index (χ4v) is 5.83. The smallest absolute Gasteiger partial charge is 0.407 e. The molecular weight excluding hydrogens is 542 g/mol. The molecule has 2 heterocycles. The molecule has 1 aliphatic rings. The monoisotopic (exact) mass is 583 g/mol. The van der Waals surface area contributed by atoms with E-state index in [0.29, 0.717) is 17.5 Å². The Bertz CT molecular complexity index is 1500. The van der Waals surface area contributed by atoms with Crippen LogP contribution in [0.25, 0.3) is 22.0 Å². The molecule has 4 rings (SSSR count). The molecule has 0 unspecified atom stereocenters. The summed E-state index contributed by atoms with van der Waals surface area (Å²) in [5.74, 6) is 0.909. The first kappa shape index (κ1) is 30.5. The first-order chi connectivity index (χ1) is 19.4. The van der Waals surface area contributed by atoms with Crippen molar-refractivity contribution in [3.63, 3.8) is 0 Å². The minimum absolute atomic E-state index is 0.0622. The molecule has 10 nitrogen and oxygen atoms in total. The molecule has 0 aliphatic heterocycles. The number of fused-ring (bicyclic) bond motifs is 1. The van der Waals surface area contributed by atoms with Crippen molar-refractivity contribution >= 4 is 32.8 Å². The summed E-state index contributed by atoms with van der Waals surface area (Å²) in [5.41, 5.74) is 3.57. The lowest BCUT2D eigenvalue weighted by molar-refractivity contribution is 0.0492. The highest BCUT2D eigenvalue weighted by Crippen LogP contribution is 2.33. The fraction of sp³-hybridized carbons (Fsp3) is 0.533. The molecule has 0 atom stereocenters. The average Bonchev–Trinajstić information content (AvgIpc) is 2.92. The lowest BCUT2D eigenvalue weighted by Gasteiger charge is -2.30. The first-order valence-corrected chi connectivity index (χ1v) is 16.0. The predicted molar refractivity (Wildman–Crippen MR) is 161 cm³/mol. The van der Waals surface area contributed by atoms with Crippen LogP contribution < -0.4 is 15.4 Å². The summed E-state index contributed by atoms with van der Waals surface area (Å²) < 4.78 is 35.1. The second-order valence-electron chi connectivity index (χ2n) is 11.5. The zero-order valence-corrected chi connectivity index (χ0v) is 25.6. The van der Waals surface area contributed by atoms with Crippen LogP contribution in [0.3, 0.4) is 0 Å². The van der Waals surface area contributed by atoms with Gasteiger partial charge in [-0.05, 0) is 88.3 Å². The van der Waals surface area contributed by atoms with Crippen LogP contribution in [-0.2, 0) is 26.7 Å². The Hall–Kier alpha value is -3.47. The molecule has 11 heteroatoms. The number of amides is 1. The number of hydrogen-bond acceptors (Lipinski definition) is 9. The SMILES string of the molecule is CCc1cc(-c2ccc(CS(=O)(=O)CC)nc2OC)cc2cnc(NC3CCC(NC(=O)OC(C)(C)C)CC3)nc12. The maximum absolute atomic E-state index is 12.1. The van der Waals surface area contributed by atoms with E-state index >= 15 is 0 Å². The van der Waals surface area contributed by atoms with E-state index in [1.807, 2.05) is 39.1 Å². The molecular formula is C30H41N5O5S. The van der Waals surface area contributed by atoms with Gasteiger partial charge < -0.3 is 20.1 Å². The summed E-state index contributed by atoms with van der Waals surface area (Å²) in [4.78, 5) is 26.1. The van der Waals surface area contributed by atoms with E-state index < -0.39 is 15.4 Å². The Morgan fingerprint density at radius 3 is 2.39 bits per heavy atom. The number of carbonyl (C=O) groups excluding carboxylic acids is 1. The number of methoxy groups -OCH3 is 1. The van der Waals surface area contributed by atoms with E-state index in [4.69, 9.17) is 14.5 Å². The van der Waals surface area contributed by atoms with E-state index in [-0.39, 0.29) is 29.7 Å². The molecule has 1 aliphatic carbocycles. The number of rotatable bonds is 9. The lowest BCUT2D eigenvalue weighted by atomic mass is 9.91. The van der Waals surface area contributed by atoms with Gasteiger partial charge in [-0.25, -0.2) is 28.2 Å². The second kappa shape index (κ2) is 12.6. The van der Waals surface area contributed by atoms with Gasteiger partial charge in [-0.15, -0.1) is 0 Å². The molecule has 41 heavy (non-hydrogen) atoms. The molecule has 0 radical (unpaired) electrons. The number of hydrogen-bond donors (Lipinski definition) is 2. The first-order valence-electron chi connectivity index (χ1n) is 14.2. The highest BCUT2D eigenvalue weighted by atomic mass is 32.2. The highest BCUT2D eigenvalue weighted by molar-refractivity contribution is 7.90. The Balaban J connectivity index is 1.48. The van der Waals surface area contributed by atoms with Crippen molar-refractivity contribution < 1.29 is 22.7 Å². The van der Waals surface area contributed by atoms with Gasteiger partial charge in [0.1, 0.15) is 5.60 Å². The van der Waals surface area contributed by atoms with Gasteiger partial charge in [0.05, 0.1) is 24.1 Å². The summed E-state index contributed by atoms with van der Waals surface area (Å²) in [5, 5.41) is 7.36. The molecule has 0 saturated heterocycles. The normalized spacial score (nSPS) is 17.7. The zero-order valence-electron chi connectivity index (χ0n) is 24.8. The highest BCUT2D eigenvalue weighted by Gasteiger charge is 2.25. The minimum Gasteiger partial charge on any atom is -0.481 e. The van der Waals surface area contributed by atoms with E-state index in [2.05, 4.69) is 33.6 Å². The fourth-order valence-electron chi connectivity index (χ4n) is 5.01. The third kappa shape index (κ3) is 8.06. The van der Waals surface area contributed by atoms with Crippen LogP contribution >= 0.6 is 0 Å². The number of aryl methyl sites for hydroxylation is 1. The van der Waals surface area contributed by atoms with Crippen LogP contribution in [0.1, 0.15) is 71.6 Å². The number of carbonyl (C=O) groups is 1. The Labute approximate surface area is 242 Å². The predicted octanol–water partition coefficient (Wildman–Crippen LogP) is 5.45. The van der Waals surface area contributed by atoms with Gasteiger partial charge in [0.15, 0.2) is 9.84 Å². The van der Waals surface area contributed by atoms with E-state index in [1.54, 1.807) is 13.0 Å². The van der Waals surface area contributed by atoms with Crippen molar-refractivity contribution in [1.82, 2.24) is 20.3 Å². The number of ether oxygens (including phenoxy) is 2. The molecule has 1 saturated carbocycles. The van der Waals surface area contributed by atoms with Gasteiger partial charge in [0.2, 0.25) is 11.8 Å². The summed E-state index contributed by atoms with van der Waals surface area (Å²) in [6.45, 7) is 9.29. The van der Waals surface area contributed by atoms with Gasteiger partial charge in [-0.3, -0.25) is 0 Å². The van der Waals surface area contributed by atoms with Gasteiger partial charge in [0, 0.05) is 35.0 Å². The van der Waals surface area contributed by atoms with Crippen LogP contribution in [0.4, 0.5) is 10.7 Å². The molecule has 0 bridgehead atoms. The molecule has 1 aromatic carbocycles. The van der Waals surface area contributed by atoms with Crippen molar-refractivity contribution in [2.75, 3.05) is 18.2 Å². The standard InChI is InChI=1S/C30H41N5O5S/c1-7-19-15-20(25-14-13-24(32-27(25)39-6)18-41(37,38)8-2)16-21-17-31-28(35-26(19)21)33-22-9-11-23(12-10-22)34-29(36)40-30(3,4)5/h13-17,22-23H,7-12,18H2,1-6H3,(H,34,36)(H,31,33,35). The number of nitrogens with one attached hydrogen (secondary N) is 2. The van der Waals surface area contributed by atoms with Gasteiger partial charge >= 0.3 is 6.09 Å². The summed E-state index contributed by atoms with van der Waals surface area (Å²) >= 11 is 0. The van der Waals surface area contributed by atoms with E-state index in [9.17, 15) is 13.2 Å². The zero-order chi connectivity index (χ0) is 29.8. The number of sulfone groups is 1. The second-order valence-corrected chi connectivity index (χ2v) is 13.8. The average molecular weight is 584 g/mol. The molecule has 1 fully saturated rings. The Morgan fingerprint density at radius 1 is 1.05 bits per heavy atom. The Kier molecular flexibility index (Phi) is 9.36. The van der Waals surface area contributed by atoms with Crippen LogP contribution in [0, 0.1) is 0 Å². The summed E-state index contributed by atoms with van der Waals surface area (Å²) in [6.07, 6.45) is 5.72.